The number of alkyl halides is 1. The second-order valence-electron chi connectivity index (χ2n) is 1.60. The van der Waals surface area contributed by atoms with Crippen molar-refractivity contribution in [1.29, 1.82) is 0 Å². The molecule has 13 heavy (non-hydrogen) atoms. The highest BCUT2D eigenvalue weighted by Gasteiger charge is 2.14. The number of halogens is 1. The van der Waals surface area contributed by atoms with E-state index in [1.807, 2.05) is 0 Å². The fourth-order valence-corrected chi connectivity index (χ4v) is 0.279. The van der Waals surface area contributed by atoms with E-state index in [0.717, 1.165) is 0 Å². The minimum absolute atomic E-state index is 0.895. The van der Waals surface area contributed by atoms with Gasteiger partial charge >= 0.3 is 19.3 Å². The first-order chi connectivity index (χ1) is 5.77. The Morgan fingerprint density at radius 3 is 1.77 bits per heavy atom. The Morgan fingerprint density at radius 2 is 1.69 bits per heavy atom. The third-order valence-electron chi connectivity index (χ3n) is 0.444. The molecule has 7 nitrogen and oxygen atoms in total. The Morgan fingerprint density at radius 1 is 1.38 bits per heavy atom. The van der Waals surface area contributed by atoms with Crippen molar-refractivity contribution in [3.63, 3.8) is 0 Å². The maximum atomic E-state index is 10.0. The van der Waals surface area contributed by atoms with Gasteiger partial charge in [-0.2, -0.15) is 0 Å². The van der Waals surface area contributed by atoms with Gasteiger partial charge in [-0.25, -0.2) is 9.59 Å². The largest absolute Gasteiger partial charge is 0.631 e. The molecule has 1 atom stereocenters. The SMILES string of the molecule is CC(Cl)OC(=O)C(=O)O.OB(O)O. The van der Waals surface area contributed by atoms with Crippen LogP contribution in [0.4, 0.5) is 0 Å². The predicted octanol–water partition coefficient (Wildman–Crippen LogP) is -1.85. The Hall–Kier alpha value is -0.825. The second-order valence-corrected chi connectivity index (χ2v) is 2.21. The molecule has 0 bridgehead atoms. The van der Waals surface area contributed by atoms with Crippen LogP contribution in [0.2, 0.25) is 0 Å². The minimum atomic E-state index is -2.17. The molecule has 0 aromatic carbocycles. The Balaban J connectivity index is 0. The average Bonchev–Trinajstić information content (AvgIpc) is 1.83. The highest BCUT2D eigenvalue weighted by atomic mass is 35.5. The van der Waals surface area contributed by atoms with Gasteiger partial charge in [-0.1, -0.05) is 11.6 Å². The summed E-state index contributed by atoms with van der Waals surface area (Å²) in [4.78, 5) is 19.7. The van der Waals surface area contributed by atoms with E-state index in [9.17, 15) is 9.59 Å². The summed E-state index contributed by atoms with van der Waals surface area (Å²) in [5.74, 6) is -2.97. The molecule has 1 unspecified atom stereocenters. The number of esters is 1. The van der Waals surface area contributed by atoms with Gasteiger partial charge in [0, 0.05) is 0 Å². The van der Waals surface area contributed by atoms with Crippen LogP contribution < -0.4 is 0 Å². The molecule has 0 amide bonds. The normalized spacial score (nSPS) is 10.5. The quantitative estimate of drug-likeness (QED) is 0.175. The highest BCUT2D eigenvalue weighted by Crippen LogP contribution is 1.95. The summed E-state index contributed by atoms with van der Waals surface area (Å²) >= 11 is 5.11. The van der Waals surface area contributed by atoms with Gasteiger partial charge < -0.3 is 24.9 Å². The molecular formula is C4H8BClO7. The molecule has 0 fully saturated rings. The van der Waals surface area contributed by atoms with Crippen LogP contribution in [0.3, 0.4) is 0 Å². The van der Waals surface area contributed by atoms with Gasteiger partial charge in [-0.05, 0) is 6.92 Å². The molecule has 0 heterocycles. The number of carboxylic acids is 1. The van der Waals surface area contributed by atoms with E-state index >= 15 is 0 Å². The second kappa shape index (κ2) is 7.81. The van der Waals surface area contributed by atoms with Crippen LogP contribution in [-0.4, -0.2) is 45.0 Å². The fraction of sp³-hybridized carbons (Fsp3) is 0.500. The van der Waals surface area contributed by atoms with Crippen LogP contribution >= 0.6 is 11.6 Å². The maximum Gasteiger partial charge on any atom is 0.631 e. The lowest BCUT2D eigenvalue weighted by Gasteiger charge is -2.00. The first-order valence-electron chi connectivity index (χ1n) is 2.89. The van der Waals surface area contributed by atoms with E-state index in [0.29, 0.717) is 0 Å². The highest BCUT2D eigenvalue weighted by molar-refractivity contribution is 6.30. The van der Waals surface area contributed by atoms with Crippen LogP contribution in [0.5, 0.6) is 0 Å². The lowest BCUT2D eigenvalue weighted by atomic mass is 10.3. The predicted molar refractivity (Wildman–Crippen MR) is 41.5 cm³/mol. The smallest absolute Gasteiger partial charge is 0.473 e. The zero-order valence-electron chi connectivity index (χ0n) is 6.55. The Bertz CT molecular complexity index is 167. The average molecular weight is 214 g/mol. The van der Waals surface area contributed by atoms with Gasteiger partial charge in [0.15, 0.2) is 5.56 Å². The Kier molecular flexibility index (Phi) is 8.82. The molecule has 0 rings (SSSR count). The standard InChI is InChI=1S/C4H5ClO4.BH3O3/c1-2(5)9-4(8)3(6)7;2-1(3)4/h2H,1H3,(H,6,7);2-4H. The van der Waals surface area contributed by atoms with Crippen molar-refractivity contribution in [2.75, 3.05) is 0 Å². The number of carbonyl (C=O) groups excluding carboxylic acids is 1. The molecular weight excluding hydrogens is 206 g/mol. The molecule has 0 aromatic heterocycles. The molecule has 0 aliphatic heterocycles. The van der Waals surface area contributed by atoms with E-state index in [1.54, 1.807) is 0 Å². The van der Waals surface area contributed by atoms with Crippen LogP contribution in [0.15, 0.2) is 0 Å². The summed E-state index contributed by atoms with van der Waals surface area (Å²) < 4.78 is 4.04. The third kappa shape index (κ3) is 18.3. The topological polar surface area (TPSA) is 124 Å². The zero-order chi connectivity index (χ0) is 11.0. The van der Waals surface area contributed by atoms with Crippen molar-refractivity contribution >= 4 is 30.9 Å². The first kappa shape index (κ1) is 14.7. The van der Waals surface area contributed by atoms with Crippen molar-refractivity contribution in [2.24, 2.45) is 0 Å². The monoisotopic (exact) mass is 214 g/mol. The summed E-state index contributed by atoms with van der Waals surface area (Å²) in [5, 5.41) is 29.4. The van der Waals surface area contributed by atoms with Gasteiger partial charge in [0.05, 0.1) is 0 Å². The molecule has 0 spiro atoms. The third-order valence-corrected chi connectivity index (χ3v) is 0.533. The zero-order valence-corrected chi connectivity index (χ0v) is 7.30. The summed E-state index contributed by atoms with van der Waals surface area (Å²) in [6, 6.07) is 0. The summed E-state index contributed by atoms with van der Waals surface area (Å²) in [6.45, 7) is 1.35. The number of carboxylic acid groups (broad SMARTS) is 1. The van der Waals surface area contributed by atoms with Crippen molar-refractivity contribution in [3.8, 4) is 0 Å². The van der Waals surface area contributed by atoms with E-state index in [1.165, 1.54) is 6.92 Å². The van der Waals surface area contributed by atoms with Crippen LogP contribution in [0.1, 0.15) is 6.92 Å². The summed E-state index contributed by atoms with van der Waals surface area (Å²) in [7, 11) is -2.17. The van der Waals surface area contributed by atoms with E-state index in [4.69, 9.17) is 31.8 Å². The van der Waals surface area contributed by atoms with E-state index in [-0.39, 0.29) is 0 Å². The van der Waals surface area contributed by atoms with Gasteiger partial charge in [-0.3, -0.25) is 0 Å². The van der Waals surface area contributed by atoms with Crippen molar-refractivity contribution in [1.82, 2.24) is 0 Å². The summed E-state index contributed by atoms with van der Waals surface area (Å²) in [6.07, 6.45) is 0. The van der Waals surface area contributed by atoms with Gasteiger partial charge in [-0.15, -0.1) is 0 Å². The minimum Gasteiger partial charge on any atom is -0.473 e. The molecule has 0 saturated heterocycles. The number of ether oxygens (including phenoxy) is 1. The fourth-order valence-electron chi connectivity index (χ4n) is 0.198. The van der Waals surface area contributed by atoms with Crippen LogP contribution in [0.25, 0.3) is 0 Å². The lowest BCUT2D eigenvalue weighted by Crippen LogP contribution is -2.18. The molecule has 0 saturated carbocycles. The van der Waals surface area contributed by atoms with Crippen molar-refractivity contribution in [3.05, 3.63) is 0 Å². The lowest BCUT2D eigenvalue weighted by molar-refractivity contribution is -0.164. The number of hydrogen-bond acceptors (Lipinski definition) is 6. The van der Waals surface area contributed by atoms with Crippen molar-refractivity contribution < 1.29 is 34.5 Å². The number of aliphatic carboxylic acids is 1. The van der Waals surface area contributed by atoms with Crippen molar-refractivity contribution in [2.45, 2.75) is 12.5 Å². The van der Waals surface area contributed by atoms with E-state index < -0.39 is 24.8 Å². The molecule has 0 aliphatic rings. The van der Waals surface area contributed by atoms with Crippen LogP contribution in [-0.2, 0) is 14.3 Å². The number of rotatable bonds is 1. The van der Waals surface area contributed by atoms with Crippen LogP contribution in [0, 0.1) is 0 Å². The van der Waals surface area contributed by atoms with Gasteiger partial charge in [0.2, 0.25) is 0 Å². The molecule has 0 aromatic rings. The molecule has 76 valence electrons. The first-order valence-corrected chi connectivity index (χ1v) is 3.33. The Labute approximate surface area is 78.7 Å². The molecule has 0 radical (unpaired) electrons. The molecule has 4 N–H and O–H groups in total. The summed E-state index contributed by atoms with van der Waals surface area (Å²) in [5.41, 5.74) is -0.895. The van der Waals surface area contributed by atoms with Gasteiger partial charge in [0.1, 0.15) is 0 Å². The maximum absolute atomic E-state index is 10.0. The van der Waals surface area contributed by atoms with Gasteiger partial charge in [0.25, 0.3) is 0 Å². The number of carbonyl (C=O) groups is 2. The van der Waals surface area contributed by atoms with E-state index in [2.05, 4.69) is 4.74 Å². The molecule has 0 aliphatic carbocycles. The number of hydrogen-bond donors (Lipinski definition) is 4. The molecule has 9 heteroatoms.